The summed E-state index contributed by atoms with van der Waals surface area (Å²) in [7, 11) is 0. The van der Waals surface area contributed by atoms with Crippen molar-refractivity contribution in [3.8, 4) is 0 Å². The van der Waals surface area contributed by atoms with Crippen LogP contribution in [0.2, 0.25) is 5.02 Å². The highest BCUT2D eigenvalue weighted by Crippen LogP contribution is 2.28. The average molecular weight is 214 g/mol. The van der Waals surface area contributed by atoms with Gasteiger partial charge in [-0.1, -0.05) is 17.7 Å². The van der Waals surface area contributed by atoms with Gasteiger partial charge < -0.3 is 5.32 Å². The van der Waals surface area contributed by atoms with Crippen LogP contribution in [0, 0.1) is 5.82 Å². The van der Waals surface area contributed by atoms with Crippen molar-refractivity contribution in [2.45, 2.75) is 18.8 Å². The van der Waals surface area contributed by atoms with Crippen LogP contribution in [-0.4, -0.2) is 13.1 Å². The van der Waals surface area contributed by atoms with Gasteiger partial charge in [-0.15, -0.1) is 0 Å². The lowest BCUT2D eigenvalue weighted by molar-refractivity contribution is 0.445. The zero-order chi connectivity index (χ0) is 9.97. The Labute approximate surface area is 88.3 Å². The molecule has 2 rings (SSSR count). The summed E-state index contributed by atoms with van der Waals surface area (Å²) in [6, 6.07) is 4.98. The van der Waals surface area contributed by atoms with Crippen LogP contribution in [0.3, 0.4) is 0 Å². The maximum Gasteiger partial charge on any atom is 0.128 e. The third kappa shape index (κ3) is 2.07. The number of hydrogen-bond acceptors (Lipinski definition) is 1. The minimum absolute atomic E-state index is 0.163. The molecule has 0 spiro atoms. The molecule has 1 aromatic carbocycles. The van der Waals surface area contributed by atoms with Crippen molar-refractivity contribution in [3.05, 3.63) is 34.6 Å². The maximum atomic E-state index is 13.5. The fraction of sp³-hybridized carbons (Fsp3) is 0.455. The molecule has 0 atom stereocenters. The fourth-order valence-corrected chi connectivity index (χ4v) is 2.12. The highest BCUT2D eigenvalue weighted by atomic mass is 35.5. The van der Waals surface area contributed by atoms with Gasteiger partial charge in [0.15, 0.2) is 0 Å². The Morgan fingerprint density at radius 1 is 1.29 bits per heavy atom. The molecule has 0 amide bonds. The van der Waals surface area contributed by atoms with Crippen LogP contribution in [0.1, 0.15) is 24.3 Å². The number of hydrogen-bond donors (Lipinski definition) is 1. The van der Waals surface area contributed by atoms with Crippen LogP contribution in [0.25, 0.3) is 0 Å². The fourth-order valence-electron chi connectivity index (χ4n) is 1.97. The summed E-state index contributed by atoms with van der Waals surface area (Å²) in [6.45, 7) is 1.96. The topological polar surface area (TPSA) is 12.0 Å². The summed E-state index contributed by atoms with van der Waals surface area (Å²) in [6.07, 6.45) is 2.02. The predicted molar refractivity (Wildman–Crippen MR) is 56.3 cm³/mol. The van der Waals surface area contributed by atoms with Crippen LogP contribution in [-0.2, 0) is 0 Å². The van der Waals surface area contributed by atoms with E-state index in [9.17, 15) is 4.39 Å². The molecule has 0 saturated carbocycles. The number of nitrogens with one attached hydrogen (secondary N) is 1. The van der Waals surface area contributed by atoms with Crippen LogP contribution in [0.4, 0.5) is 4.39 Å². The van der Waals surface area contributed by atoms with E-state index in [0.29, 0.717) is 10.9 Å². The molecule has 0 unspecified atom stereocenters. The summed E-state index contributed by atoms with van der Waals surface area (Å²) >= 11 is 5.70. The molecule has 1 saturated heterocycles. The van der Waals surface area contributed by atoms with Crippen LogP contribution in [0.5, 0.6) is 0 Å². The Morgan fingerprint density at radius 3 is 2.64 bits per heavy atom. The molecule has 0 aliphatic carbocycles. The van der Waals surface area contributed by atoms with Gasteiger partial charge in [-0.3, -0.25) is 0 Å². The summed E-state index contributed by atoms with van der Waals surface area (Å²) in [5.74, 6) is 0.193. The molecule has 1 N–H and O–H groups in total. The van der Waals surface area contributed by atoms with Crippen LogP contribution < -0.4 is 5.32 Å². The van der Waals surface area contributed by atoms with Crippen molar-refractivity contribution in [2.75, 3.05) is 13.1 Å². The summed E-state index contributed by atoms with van der Waals surface area (Å²) in [5.41, 5.74) is 0.816. The van der Waals surface area contributed by atoms with E-state index >= 15 is 0 Å². The van der Waals surface area contributed by atoms with E-state index in [1.54, 1.807) is 6.07 Å². The second-order valence-corrected chi connectivity index (χ2v) is 4.13. The monoisotopic (exact) mass is 213 g/mol. The Morgan fingerprint density at radius 2 is 2.00 bits per heavy atom. The van der Waals surface area contributed by atoms with Crippen molar-refractivity contribution in [1.82, 2.24) is 5.32 Å². The van der Waals surface area contributed by atoms with Gasteiger partial charge in [-0.25, -0.2) is 4.39 Å². The van der Waals surface area contributed by atoms with Gasteiger partial charge in [0.25, 0.3) is 0 Å². The van der Waals surface area contributed by atoms with Crippen molar-refractivity contribution in [2.24, 2.45) is 0 Å². The summed E-state index contributed by atoms with van der Waals surface area (Å²) in [4.78, 5) is 0. The molecule has 1 aliphatic heterocycles. The summed E-state index contributed by atoms with van der Waals surface area (Å²) in [5, 5.41) is 3.74. The Balaban J connectivity index is 2.22. The molecule has 1 nitrogen and oxygen atoms in total. The normalized spacial score (nSPS) is 18.4. The van der Waals surface area contributed by atoms with Gasteiger partial charge in [-0.2, -0.15) is 0 Å². The second kappa shape index (κ2) is 4.28. The molecule has 1 aliphatic rings. The van der Waals surface area contributed by atoms with Crippen molar-refractivity contribution in [1.29, 1.82) is 0 Å². The van der Waals surface area contributed by atoms with Gasteiger partial charge in [0.05, 0.1) is 0 Å². The lowest BCUT2D eigenvalue weighted by Crippen LogP contribution is -2.27. The standard InChI is InChI=1S/C11H13ClFN/c12-9-1-2-10(11(13)7-9)8-3-5-14-6-4-8/h1-2,7-8,14H,3-6H2. The van der Waals surface area contributed by atoms with Crippen molar-refractivity contribution >= 4 is 11.6 Å². The van der Waals surface area contributed by atoms with Gasteiger partial charge in [0.1, 0.15) is 5.82 Å². The highest BCUT2D eigenvalue weighted by Gasteiger charge is 2.18. The number of piperidine rings is 1. The molecular formula is C11H13ClFN. The molecule has 14 heavy (non-hydrogen) atoms. The van der Waals surface area contributed by atoms with Crippen LogP contribution >= 0.6 is 11.6 Å². The van der Waals surface area contributed by atoms with E-state index in [-0.39, 0.29) is 5.82 Å². The molecule has 76 valence electrons. The first-order valence-electron chi connectivity index (χ1n) is 4.93. The Kier molecular flexibility index (Phi) is 3.04. The third-order valence-corrected chi connectivity index (χ3v) is 2.98. The van der Waals surface area contributed by atoms with E-state index in [1.165, 1.54) is 6.07 Å². The van der Waals surface area contributed by atoms with E-state index < -0.39 is 0 Å². The number of rotatable bonds is 1. The first kappa shape index (κ1) is 9.94. The first-order chi connectivity index (χ1) is 6.77. The predicted octanol–water partition coefficient (Wildman–Crippen LogP) is 2.95. The number of benzene rings is 1. The van der Waals surface area contributed by atoms with Gasteiger partial charge in [0, 0.05) is 5.02 Å². The molecule has 3 heteroatoms. The Bertz CT molecular complexity index is 321. The molecule has 0 aromatic heterocycles. The number of halogens is 2. The largest absolute Gasteiger partial charge is 0.317 e. The molecule has 0 radical (unpaired) electrons. The van der Waals surface area contributed by atoms with Gasteiger partial charge >= 0.3 is 0 Å². The van der Waals surface area contributed by atoms with Crippen molar-refractivity contribution < 1.29 is 4.39 Å². The average Bonchev–Trinajstić information content (AvgIpc) is 2.19. The first-order valence-corrected chi connectivity index (χ1v) is 5.31. The third-order valence-electron chi connectivity index (χ3n) is 2.74. The lowest BCUT2D eigenvalue weighted by Gasteiger charge is -2.23. The molecule has 1 aromatic rings. The lowest BCUT2D eigenvalue weighted by atomic mass is 9.90. The molecule has 0 bridgehead atoms. The van der Waals surface area contributed by atoms with Gasteiger partial charge in [0.2, 0.25) is 0 Å². The van der Waals surface area contributed by atoms with E-state index in [2.05, 4.69) is 5.32 Å². The molecule has 1 fully saturated rings. The summed E-state index contributed by atoms with van der Waals surface area (Å²) < 4.78 is 13.5. The van der Waals surface area contributed by atoms with E-state index in [0.717, 1.165) is 31.5 Å². The highest BCUT2D eigenvalue weighted by molar-refractivity contribution is 6.30. The second-order valence-electron chi connectivity index (χ2n) is 3.69. The zero-order valence-corrected chi connectivity index (χ0v) is 8.65. The maximum absolute atomic E-state index is 13.5. The quantitative estimate of drug-likeness (QED) is 0.757. The SMILES string of the molecule is Fc1cc(Cl)ccc1C1CCNCC1. The van der Waals surface area contributed by atoms with Crippen molar-refractivity contribution in [3.63, 3.8) is 0 Å². The Hall–Kier alpha value is -0.600. The minimum atomic E-state index is -0.163. The minimum Gasteiger partial charge on any atom is -0.317 e. The zero-order valence-electron chi connectivity index (χ0n) is 7.89. The molecule has 1 heterocycles. The van der Waals surface area contributed by atoms with Gasteiger partial charge in [-0.05, 0) is 49.5 Å². The van der Waals surface area contributed by atoms with Crippen LogP contribution in [0.15, 0.2) is 18.2 Å². The van der Waals surface area contributed by atoms with E-state index in [4.69, 9.17) is 11.6 Å². The molecular weight excluding hydrogens is 201 g/mol. The van der Waals surface area contributed by atoms with E-state index in [1.807, 2.05) is 6.07 Å². The smallest absolute Gasteiger partial charge is 0.128 e.